The molecule has 1 N–H and O–H groups in total. The van der Waals surface area contributed by atoms with E-state index in [1.807, 2.05) is 21.1 Å². The van der Waals surface area contributed by atoms with Gasteiger partial charge in [0.15, 0.2) is 6.10 Å². The van der Waals surface area contributed by atoms with Crippen molar-refractivity contribution in [2.75, 3.05) is 47.5 Å². The third-order valence-electron chi connectivity index (χ3n) is 14.7. The quantitative estimate of drug-likeness (QED) is 0.0211. The van der Waals surface area contributed by atoms with Gasteiger partial charge in [-0.3, -0.25) is 18.6 Å². The molecule has 0 saturated carbocycles. The summed E-state index contributed by atoms with van der Waals surface area (Å²) in [7, 11) is 1.49. The monoisotopic (exact) mass is 1080 g/mol. The molecule has 0 rings (SSSR count). The van der Waals surface area contributed by atoms with Crippen LogP contribution in [-0.4, -0.2) is 74.9 Å². The van der Waals surface area contributed by atoms with E-state index in [1.165, 1.54) is 244 Å². The van der Waals surface area contributed by atoms with Gasteiger partial charge >= 0.3 is 19.8 Å². The minimum Gasteiger partial charge on any atom is -0.462 e. The van der Waals surface area contributed by atoms with E-state index in [0.717, 1.165) is 51.4 Å². The molecule has 0 fully saturated rings. The van der Waals surface area contributed by atoms with Gasteiger partial charge in [0.1, 0.15) is 19.8 Å². The molecule has 0 aliphatic rings. The van der Waals surface area contributed by atoms with Crippen LogP contribution in [0.1, 0.15) is 328 Å². The maximum Gasteiger partial charge on any atom is 0.472 e. The second-order valence-electron chi connectivity index (χ2n) is 23.5. The topological polar surface area (TPSA) is 108 Å². The Morgan fingerprint density at radius 1 is 0.413 bits per heavy atom. The van der Waals surface area contributed by atoms with Gasteiger partial charge in [0, 0.05) is 12.8 Å². The molecule has 0 aliphatic carbocycles. The van der Waals surface area contributed by atoms with Gasteiger partial charge in [0.25, 0.3) is 0 Å². The van der Waals surface area contributed by atoms with Crippen LogP contribution in [-0.2, 0) is 32.7 Å². The molecule has 10 heteroatoms. The Bertz CT molecular complexity index is 1320. The smallest absolute Gasteiger partial charge is 0.462 e. The van der Waals surface area contributed by atoms with E-state index in [9.17, 15) is 19.0 Å². The van der Waals surface area contributed by atoms with Gasteiger partial charge in [-0.05, 0) is 44.9 Å². The Balaban J connectivity index is 3.96. The first-order chi connectivity index (χ1) is 36.5. The van der Waals surface area contributed by atoms with Crippen LogP contribution >= 0.6 is 7.82 Å². The number of esters is 2. The van der Waals surface area contributed by atoms with Gasteiger partial charge in [0.2, 0.25) is 0 Å². The Kier molecular flexibility index (Phi) is 56.0. The largest absolute Gasteiger partial charge is 0.472 e. The number of phosphoric acid groups is 1. The second kappa shape index (κ2) is 57.2. The molecular weight excluding hydrogens is 954 g/mol. The lowest BCUT2D eigenvalue weighted by Crippen LogP contribution is -2.37. The van der Waals surface area contributed by atoms with Crippen LogP contribution in [0.2, 0.25) is 0 Å². The lowest BCUT2D eigenvalue weighted by atomic mass is 10.0. The standard InChI is InChI=1S/C65H126NO8P/c1-6-8-10-12-14-16-18-20-22-24-26-27-28-29-30-31-32-33-34-35-36-37-38-39-40-42-43-45-47-49-51-53-55-57-64(67)71-61-63(62-73-75(69,70)72-60-59-66(3,4)5)74-65(68)58-56-54-52-50-48-46-44-41-25-23-21-19-17-15-13-11-9-7-2/h17,19,23,25,63H,6-16,18,20-22,24,26-62H2,1-5H3/p+1/b19-17-,25-23-. The van der Waals surface area contributed by atoms with Gasteiger partial charge < -0.3 is 18.9 Å². The van der Waals surface area contributed by atoms with Crippen molar-refractivity contribution in [1.82, 2.24) is 0 Å². The molecule has 0 saturated heterocycles. The third-order valence-corrected chi connectivity index (χ3v) is 15.7. The highest BCUT2D eigenvalue weighted by Crippen LogP contribution is 2.43. The number of carbonyl (C=O) groups excluding carboxylic acids is 2. The maximum absolute atomic E-state index is 12.8. The van der Waals surface area contributed by atoms with E-state index in [2.05, 4.69) is 38.2 Å². The van der Waals surface area contributed by atoms with Crippen molar-refractivity contribution in [1.29, 1.82) is 0 Å². The molecule has 0 amide bonds. The lowest BCUT2D eigenvalue weighted by Gasteiger charge is -2.24. The fraction of sp³-hybridized carbons (Fsp3) is 0.908. The van der Waals surface area contributed by atoms with Crippen molar-refractivity contribution >= 4 is 19.8 Å². The minimum atomic E-state index is -4.39. The van der Waals surface area contributed by atoms with Gasteiger partial charge in [-0.25, -0.2) is 4.57 Å². The summed E-state index contributed by atoms with van der Waals surface area (Å²) in [4.78, 5) is 35.7. The third kappa shape index (κ3) is 61.6. The molecular formula is C65H127NO8P+. The van der Waals surface area contributed by atoms with E-state index in [-0.39, 0.29) is 25.6 Å². The highest BCUT2D eigenvalue weighted by atomic mass is 31.2. The number of phosphoric ester groups is 1. The molecule has 0 bridgehead atoms. The van der Waals surface area contributed by atoms with Gasteiger partial charge in [-0.15, -0.1) is 0 Å². The number of unbranched alkanes of at least 4 members (excludes halogenated alkanes) is 43. The number of hydrogen-bond donors (Lipinski definition) is 1. The molecule has 0 aromatic carbocycles. The van der Waals surface area contributed by atoms with Crippen molar-refractivity contribution in [2.24, 2.45) is 0 Å². The molecule has 2 unspecified atom stereocenters. The number of rotatable bonds is 61. The second-order valence-corrected chi connectivity index (χ2v) is 25.0. The Morgan fingerprint density at radius 3 is 1.07 bits per heavy atom. The van der Waals surface area contributed by atoms with Crippen LogP contribution in [0.15, 0.2) is 24.3 Å². The predicted octanol–water partition coefficient (Wildman–Crippen LogP) is 20.5. The number of quaternary nitrogens is 1. The van der Waals surface area contributed by atoms with Crippen LogP contribution in [0.3, 0.4) is 0 Å². The first-order valence-electron chi connectivity index (χ1n) is 32.6. The van der Waals surface area contributed by atoms with Gasteiger partial charge in [-0.2, -0.15) is 0 Å². The fourth-order valence-electron chi connectivity index (χ4n) is 9.70. The van der Waals surface area contributed by atoms with E-state index in [1.54, 1.807) is 0 Å². The summed E-state index contributed by atoms with van der Waals surface area (Å²) in [6.45, 7) is 4.46. The maximum atomic E-state index is 12.8. The summed E-state index contributed by atoms with van der Waals surface area (Å²) < 4.78 is 34.6. The fourth-order valence-corrected chi connectivity index (χ4v) is 10.4. The van der Waals surface area contributed by atoms with Crippen molar-refractivity contribution in [3.8, 4) is 0 Å². The van der Waals surface area contributed by atoms with Gasteiger partial charge in [-0.1, -0.05) is 295 Å². The number of nitrogens with zero attached hydrogens (tertiary/aromatic N) is 1. The normalized spacial score (nSPS) is 13.3. The zero-order chi connectivity index (χ0) is 54.9. The number of likely N-dealkylation sites (N-methyl/N-ethyl adjacent to an activating group) is 1. The summed E-state index contributed by atoms with van der Waals surface area (Å²) in [6.07, 6.45) is 70.0. The number of carbonyl (C=O) groups is 2. The molecule has 0 aliphatic heterocycles. The minimum absolute atomic E-state index is 0.0324. The van der Waals surface area contributed by atoms with E-state index >= 15 is 0 Å². The average Bonchev–Trinajstić information content (AvgIpc) is 3.37. The van der Waals surface area contributed by atoms with E-state index < -0.39 is 26.5 Å². The number of hydrogen-bond acceptors (Lipinski definition) is 7. The number of ether oxygens (including phenoxy) is 2. The Morgan fingerprint density at radius 2 is 0.720 bits per heavy atom. The van der Waals surface area contributed by atoms with Crippen molar-refractivity contribution in [2.45, 2.75) is 335 Å². The van der Waals surface area contributed by atoms with Crippen LogP contribution in [0, 0.1) is 0 Å². The molecule has 2 atom stereocenters. The van der Waals surface area contributed by atoms with Crippen molar-refractivity contribution in [3.63, 3.8) is 0 Å². The Labute approximate surface area is 466 Å². The van der Waals surface area contributed by atoms with Crippen LogP contribution in [0.4, 0.5) is 0 Å². The molecule has 0 heterocycles. The molecule has 0 aromatic rings. The molecule has 75 heavy (non-hydrogen) atoms. The van der Waals surface area contributed by atoms with Crippen LogP contribution < -0.4 is 0 Å². The Hall–Kier alpha value is -1.51. The highest BCUT2D eigenvalue weighted by Gasteiger charge is 2.27. The van der Waals surface area contributed by atoms with Gasteiger partial charge in [0.05, 0.1) is 27.7 Å². The van der Waals surface area contributed by atoms with Crippen LogP contribution in [0.5, 0.6) is 0 Å². The van der Waals surface area contributed by atoms with E-state index in [0.29, 0.717) is 23.9 Å². The molecule has 9 nitrogen and oxygen atoms in total. The first-order valence-corrected chi connectivity index (χ1v) is 34.1. The zero-order valence-corrected chi connectivity index (χ0v) is 51.5. The molecule has 0 spiro atoms. The summed E-state index contributed by atoms with van der Waals surface area (Å²) in [5.41, 5.74) is 0. The first kappa shape index (κ1) is 73.5. The summed E-state index contributed by atoms with van der Waals surface area (Å²) in [5, 5.41) is 0. The van der Waals surface area contributed by atoms with Crippen molar-refractivity contribution < 1.29 is 42.1 Å². The molecule has 0 radical (unpaired) electrons. The highest BCUT2D eigenvalue weighted by molar-refractivity contribution is 7.47. The SMILES string of the molecule is CCCCCC/C=C\C/C=C\CCCCCCCCCC(=O)OC(COC(=O)CCCCCCCCCCCCCCCCCCCCCCCCCCCCCCCCCCC)COP(=O)(O)OCC[N+](C)(C)C. The summed E-state index contributed by atoms with van der Waals surface area (Å²) in [6, 6.07) is 0. The van der Waals surface area contributed by atoms with Crippen molar-refractivity contribution in [3.05, 3.63) is 24.3 Å². The molecule has 0 aromatic heterocycles. The number of allylic oxidation sites excluding steroid dienone is 4. The predicted molar refractivity (Wildman–Crippen MR) is 321 cm³/mol. The zero-order valence-electron chi connectivity index (χ0n) is 50.6. The molecule has 444 valence electrons. The summed E-state index contributed by atoms with van der Waals surface area (Å²) in [5.74, 6) is -0.789. The summed E-state index contributed by atoms with van der Waals surface area (Å²) >= 11 is 0. The van der Waals surface area contributed by atoms with Crippen LogP contribution in [0.25, 0.3) is 0 Å². The van der Waals surface area contributed by atoms with E-state index in [4.69, 9.17) is 18.5 Å². The lowest BCUT2D eigenvalue weighted by molar-refractivity contribution is -0.870. The average molecular weight is 1080 g/mol.